The summed E-state index contributed by atoms with van der Waals surface area (Å²) in [7, 11) is 3.52. The predicted octanol–water partition coefficient (Wildman–Crippen LogP) is 5.35. The van der Waals surface area contributed by atoms with Crippen molar-refractivity contribution >= 4 is 27.8 Å². The molecule has 0 saturated carbocycles. The maximum Gasteiger partial charge on any atom is 0.251 e. The molecular formula is C30H27N5O2. The zero-order chi connectivity index (χ0) is 26.1. The van der Waals surface area contributed by atoms with E-state index in [-0.39, 0.29) is 12.5 Å². The number of hydrogen-bond donors (Lipinski definition) is 1. The molecule has 0 fully saturated rings. The van der Waals surface area contributed by atoms with Crippen molar-refractivity contribution in [3.8, 4) is 41.0 Å². The van der Waals surface area contributed by atoms with Gasteiger partial charge in [0.15, 0.2) is 11.6 Å². The first-order chi connectivity index (χ1) is 17.9. The van der Waals surface area contributed by atoms with Crippen LogP contribution in [0.3, 0.4) is 0 Å². The third-order valence-corrected chi connectivity index (χ3v) is 6.41. The number of amides is 1. The number of benzene rings is 3. The van der Waals surface area contributed by atoms with Gasteiger partial charge in [-0.1, -0.05) is 44.0 Å². The number of aromatic nitrogens is 4. The molecule has 2 aromatic heterocycles. The average molecular weight is 490 g/mol. The zero-order valence-corrected chi connectivity index (χ0v) is 21.2. The standard InChI is InChI=1S/C30H27N5O2/c1-6-15-37-22-12-14-24-23(17-22)27(20-9-7-19(8-10-20)18(2)3)34-28(32-24)29-33-25-13-11-21(30(36)31-4)16-26(25)35(29)5/h1,7-14,16-18H,15H2,2-5H3,(H,31,36). The number of rotatable bonds is 6. The summed E-state index contributed by atoms with van der Waals surface area (Å²) in [5.41, 5.74) is 5.90. The predicted molar refractivity (Wildman–Crippen MR) is 146 cm³/mol. The molecule has 184 valence electrons. The van der Waals surface area contributed by atoms with Crippen molar-refractivity contribution in [1.29, 1.82) is 0 Å². The second-order valence-corrected chi connectivity index (χ2v) is 9.12. The Balaban J connectivity index is 1.70. The zero-order valence-electron chi connectivity index (χ0n) is 21.2. The average Bonchev–Trinajstić information content (AvgIpc) is 3.26. The van der Waals surface area contributed by atoms with Crippen molar-refractivity contribution in [2.75, 3.05) is 13.7 Å². The molecule has 2 heterocycles. The van der Waals surface area contributed by atoms with Gasteiger partial charge in [-0.05, 0) is 47.9 Å². The number of imidazole rings is 1. The summed E-state index contributed by atoms with van der Waals surface area (Å²) in [6.07, 6.45) is 5.38. The summed E-state index contributed by atoms with van der Waals surface area (Å²) in [6.45, 7) is 4.52. The highest BCUT2D eigenvalue weighted by molar-refractivity contribution is 5.98. The SMILES string of the molecule is C#CCOc1ccc2nc(-c3nc4ccc(C(=O)NC)cc4n3C)nc(-c3ccc(C(C)C)cc3)c2c1. The number of carbonyl (C=O) groups excluding carboxylic acids is 1. The molecule has 0 radical (unpaired) electrons. The molecular weight excluding hydrogens is 462 g/mol. The van der Waals surface area contributed by atoms with Crippen LogP contribution in [0.25, 0.3) is 44.8 Å². The summed E-state index contributed by atoms with van der Waals surface area (Å²) < 4.78 is 7.59. The molecule has 5 aromatic rings. The van der Waals surface area contributed by atoms with E-state index in [0.717, 1.165) is 33.2 Å². The first kappa shape index (κ1) is 24.0. The first-order valence-corrected chi connectivity index (χ1v) is 12.1. The molecule has 5 rings (SSSR count). The van der Waals surface area contributed by atoms with E-state index in [9.17, 15) is 4.79 Å². The highest BCUT2D eigenvalue weighted by Crippen LogP contribution is 2.33. The van der Waals surface area contributed by atoms with Crippen molar-refractivity contribution in [1.82, 2.24) is 24.8 Å². The number of carbonyl (C=O) groups is 1. The minimum Gasteiger partial charge on any atom is -0.481 e. The van der Waals surface area contributed by atoms with Crippen LogP contribution in [-0.2, 0) is 7.05 Å². The summed E-state index contributed by atoms with van der Waals surface area (Å²) in [4.78, 5) is 26.8. The fourth-order valence-corrected chi connectivity index (χ4v) is 4.34. The van der Waals surface area contributed by atoms with Crippen LogP contribution in [-0.4, -0.2) is 39.1 Å². The van der Waals surface area contributed by atoms with Crippen molar-refractivity contribution in [2.24, 2.45) is 7.05 Å². The van der Waals surface area contributed by atoms with Gasteiger partial charge in [0.1, 0.15) is 12.4 Å². The number of ether oxygens (including phenoxy) is 1. The largest absolute Gasteiger partial charge is 0.481 e. The molecule has 7 nitrogen and oxygen atoms in total. The van der Waals surface area contributed by atoms with Crippen molar-refractivity contribution in [3.63, 3.8) is 0 Å². The quantitative estimate of drug-likeness (QED) is 0.325. The van der Waals surface area contributed by atoms with E-state index >= 15 is 0 Å². The van der Waals surface area contributed by atoms with Gasteiger partial charge < -0.3 is 14.6 Å². The summed E-state index contributed by atoms with van der Waals surface area (Å²) in [6, 6.07) is 19.5. The second-order valence-electron chi connectivity index (χ2n) is 9.12. The summed E-state index contributed by atoms with van der Waals surface area (Å²) >= 11 is 0. The smallest absolute Gasteiger partial charge is 0.251 e. The monoisotopic (exact) mass is 489 g/mol. The number of terminal acetylenes is 1. The highest BCUT2D eigenvalue weighted by atomic mass is 16.5. The van der Waals surface area contributed by atoms with E-state index in [0.29, 0.717) is 28.9 Å². The molecule has 0 bridgehead atoms. The lowest BCUT2D eigenvalue weighted by molar-refractivity contribution is 0.0963. The Labute approximate surface area is 215 Å². The molecule has 3 aromatic carbocycles. The van der Waals surface area contributed by atoms with Crippen molar-refractivity contribution < 1.29 is 9.53 Å². The molecule has 7 heteroatoms. The van der Waals surface area contributed by atoms with E-state index in [1.165, 1.54) is 5.56 Å². The first-order valence-electron chi connectivity index (χ1n) is 12.1. The lowest BCUT2D eigenvalue weighted by Crippen LogP contribution is -2.17. The Morgan fingerprint density at radius 2 is 1.78 bits per heavy atom. The number of aryl methyl sites for hydroxylation is 1. The van der Waals surface area contributed by atoms with Gasteiger partial charge in [0.25, 0.3) is 5.91 Å². The van der Waals surface area contributed by atoms with Gasteiger partial charge >= 0.3 is 0 Å². The Morgan fingerprint density at radius 1 is 1.03 bits per heavy atom. The Morgan fingerprint density at radius 3 is 2.49 bits per heavy atom. The number of nitrogens with one attached hydrogen (secondary N) is 1. The third-order valence-electron chi connectivity index (χ3n) is 6.41. The van der Waals surface area contributed by atoms with Gasteiger partial charge in [-0.25, -0.2) is 15.0 Å². The van der Waals surface area contributed by atoms with Gasteiger partial charge in [0.2, 0.25) is 0 Å². The molecule has 37 heavy (non-hydrogen) atoms. The van der Waals surface area contributed by atoms with E-state index in [2.05, 4.69) is 49.4 Å². The van der Waals surface area contributed by atoms with E-state index < -0.39 is 0 Å². The van der Waals surface area contributed by atoms with E-state index in [4.69, 9.17) is 26.1 Å². The molecule has 0 aliphatic carbocycles. The van der Waals surface area contributed by atoms with Crippen LogP contribution < -0.4 is 10.1 Å². The molecule has 1 N–H and O–H groups in total. The van der Waals surface area contributed by atoms with Gasteiger partial charge in [-0.3, -0.25) is 4.79 Å². The van der Waals surface area contributed by atoms with Gasteiger partial charge in [0, 0.05) is 30.6 Å². The fourth-order valence-electron chi connectivity index (χ4n) is 4.34. The Kier molecular flexibility index (Phi) is 6.33. The topological polar surface area (TPSA) is 81.9 Å². The molecule has 0 aliphatic rings. The number of fused-ring (bicyclic) bond motifs is 2. The van der Waals surface area contributed by atoms with E-state index in [1.807, 2.05) is 41.9 Å². The highest BCUT2D eigenvalue weighted by Gasteiger charge is 2.18. The lowest BCUT2D eigenvalue weighted by Gasteiger charge is -2.12. The van der Waals surface area contributed by atoms with Crippen LogP contribution in [0.15, 0.2) is 60.7 Å². The van der Waals surface area contributed by atoms with Crippen molar-refractivity contribution in [2.45, 2.75) is 19.8 Å². The maximum absolute atomic E-state index is 12.2. The summed E-state index contributed by atoms with van der Waals surface area (Å²) in [5.74, 6) is 4.54. The van der Waals surface area contributed by atoms with Crippen LogP contribution in [0.5, 0.6) is 5.75 Å². The maximum atomic E-state index is 12.2. The third kappa shape index (κ3) is 4.50. The minimum atomic E-state index is -0.151. The molecule has 0 atom stereocenters. The van der Waals surface area contributed by atoms with Gasteiger partial charge in [-0.15, -0.1) is 6.42 Å². The van der Waals surface area contributed by atoms with Crippen molar-refractivity contribution in [3.05, 3.63) is 71.8 Å². The Bertz CT molecular complexity index is 1680. The van der Waals surface area contributed by atoms with Crippen LogP contribution in [0.4, 0.5) is 0 Å². The minimum absolute atomic E-state index is 0.151. The second kappa shape index (κ2) is 9.75. The summed E-state index contributed by atoms with van der Waals surface area (Å²) in [5, 5.41) is 3.52. The van der Waals surface area contributed by atoms with Crippen LogP contribution >= 0.6 is 0 Å². The number of nitrogens with zero attached hydrogens (tertiary/aromatic N) is 4. The number of hydrogen-bond acceptors (Lipinski definition) is 5. The van der Waals surface area contributed by atoms with E-state index in [1.54, 1.807) is 13.1 Å². The van der Waals surface area contributed by atoms with Gasteiger partial charge in [0.05, 0.1) is 22.2 Å². The Hall–Kier alpha value is -4.70. The molecule has 0 spiro atoms. The normalized spacial score (nSPS) is 11.1. The molecule has 0 unspecified atom stereocenters. The molecule has 1 amide bonds. The van der Waals surface area contributed by atoms with Gasteiger partial charge in [-0.2, -0.15) is 0 Å². The van der Waals surface area contributed by atoms with Crippen LogP contribution in [0.2, 0.25) is 0 Å². The fraction of sp³-hybridized carbons (Fsp3) is 0.200. The molecule has 0 saturated heterocycles. The van der Waals surface area contributed by atoms with Crippen LogP contribution in [0.1, 0.15) is 35.7 Å². The van der Waals surface area contributed by atoms with Crippen LogP contribution in [0, 0.1) is 12.3 Å². The molecule has 0 aliphatic heterocycles. The lowest BCUT2D eigenvalue weighted by atomic mass is 9.99.